The summed E-state index contributed by atoms with van der Waals surface area (Å²) in [6, 6.07) is 12.9. The molecule has 10 heteroatoms. The van der Waals surface area contributed by atoms with Gasteiger partial charge in [0.15, 0.2) is 0 Å². The fourth-order valence-corrected chi connectivity index (χ4v) is 3.65. The molecule has 0 fully saturated rings. The standard InChI is InChI=1S/C19H14ClN5O3S/c20-17-7-6-16(29-17)19(28)21-10-12-11-25(23-22-12)14-5-4-13(9-15(14)26)24-8-2-1-3-18(24)27/h1-9,11,26H,10H2,(H,21,28). The van der Waals surface area contributed by atoms with Crippen LogP contribution in [0.2, 0.25) is 4.34 Å². The van der Waals surface area contributed by atoms with Crippen LogP contribution >= 0.6 is 22.9 Å². The Balaban J connectivity index is 1.50. The van der Waals surface area contributed by atoms with Crippen molar-refractivity contribution in [3.05, 3.63) is 86.2 Å². The third-order valence-electron chi connectivity index (χ3n) is 4.07. The van der Waals surface area contributed by atoms with Crippen molar-refractivity contribution in [1.29, 1.82) is 0 Å². The Hall–Kier alpha value is -3.43. The van der Waals surface area contributed by atoms with Gasteiger partial charge in [-0.3, -0.25) is 14.2 Å². The summed E-state index contributed by atoms with van der Waals surface area (Å²) in [6.07, 6.45) is 3.22. The molecule has 0 unspecified atom stereocenters. The molecule has 0 aliphatic heterocycles. The number of rotatable bonds is 5. The van der Waals surface area contributed by atoms with E-state index in [-0.39, 0.29) is 23.8 Å². The Kier molecular flexibility index (Phi) is 5.15. The second-order valence-electron chi connectivity index (χ2n) is 6.02. The zero-order chi connectivity index (χ0) is 20.4. The van der Waals surface area contributed by atoms with E-state index in [9.17, 15) is 14.7 Å². The molecule has 8 nitrogen and oxygen atoms in total. The van der Waals surface area contributed by atoms with Crippen molar-refractivity contribution in [2.45, 2.75) is 6.54 Å². The van der Waals surface area contributed by atoms with Crippen LogP contribution in [-0.2, 0) is 6.54 Å². The van der Waals surface area contributed by atoms with E-state index < -0.39 is 0 Å². The molecule has 1 aromatic carbocycles. The van der Waals surface area contributed by atoms with Crippen molar-refractivity contribution in [2.75, 3.05) is 0 Å². The van der Waals surface area contributed by atoms with Crippen molar-refractivity contribution in [2.24, 2.45) is 0 Å². The van der Waals surface area contributed by atoms with Crippen LogP contribution in [0.1, 0.15) is 15.4 Å². The number of phenolic OH excluding ortho intramolecular Hbond substituents is 1. The summed E-state index contributed by atoms with van der Waals surface area (Å²) in [4.78, 5) is 24.5. The number of hydrogen-bond donors (Lipinski definition) is 2. The number of nitrogens with one attached hydrogen (secondary N) is 1. The molecule has 0 aliphatic carbocycles. The van der Waals surface area contributed by atoms with Gasteiger partial charge in [0.2, 0.25) is 0 Å². The normalized spacial score (nSPS) is 10.8. The molecule has 146 valence electrons. The molecule has 0 aliphatic rings. The van der Waals surface area contributed by atoms with Gasteiger partial charge >= 0.3 is 0 Å². The van der Waals surface area contributed by atoms with Crippen LogP contribution in [0.5, 0.6) is 5.75 Å². The maximum atomic E-state index is 12.1. The van der Waals surface area contributed by atoms with Gasteiger partial charge in [0.25, 0.3) is 11.5 Å². The Morgan fingerprint density at radius 1 is 1.21 bits per heavy atom. The molecule has 29 heavy (non-hydrogen) atoms. The van der Waals surface area contributed by atoms with Crippen LogP contribution in [0.3, 0.4) is 0 Å². The number of pyridine rings is 1. The van der Waals surface area contributed by atoms with E-state index in [0.717, 1.165) is 0 Å². The third-order valence-corrected chi connectivity index (χ3v) is 5.30. The molecule has 2 N–H and O–H groups in total. The van der Waals surface area contributed by atoms with Crippen molar-refractivity contribution in [3.8, 4) is 17.1 Å². The molecule has 0 saturated carbocycles. The Morgan fingerprint density at radius 2 is 2.07 bits per heavy atom. The molecule has 0 saturated heterocycles. The number of carbonyl (C=O) groups excluding carboxylic acids is 1. The molecule has 1 amide bonds. The molecular weight excluding hydrogens is 414 g/mol. The maximum Gasteiger partial charge on any atom is 0.261 e. The van der Waals surface area contributed by atoms with Gasteiger partial charge in [0.1, 0.15) is 17.1 Å². The van der Waals surface area contributed by atoms with Crippen LogP contribution < -0.4 is 10.9 Å². The molecule has 4 aromatic rings. The molecule has 3 heterocycles. The van der Waals surface area contributed by atoms with Gasteiger partial charge in [-0.15, -0.1) is 16.4 Å². The average molecular weight is 428 g/mol. The van der Waals surface area contributed by atoms with Gasteiger partial charge < -0.3 is 10.4 Å². The summed E-state index contributed by atoms with van der Waals surface area (Å²) in [5.74, 6) is -0.316. The van der Waals surface area contributed by atoms with E-state index in [1.807, 2.05) is 0 Å². The molecule has 0 spiro atoms. The smallest absolute Gasteiger partial charge is 0.261 e. The van der Waals surface area contributed by atoms with Gasteiger partial charge in [0, 0.05) is 18.3 Å². The molecular formula is C19H14ClN5O3S. The third kappa shape index (κ3) is 4.05. The van der Waals surface area contributed by atoms with Crippen molar-refractivity contribution >= 4 is 28.8 Å². The molecule has 0 bridgehead atoms. The Labute approximate surface area is 173 Å². The number of phenols is 1. The number of thiophene rings is 1. The fraction of sp³-hybridized carbons (Fsp3) is 0.0526. The first kappa shape index (κ1) is 18.9. The van der Waals surface area contributed by atoms with Crippen LogP contribution in [0.4, 0.5) is 0 Å². The maximum absolute atomic E-state index is 12.1. The summed E-state index contributed by atoms with van der Waals surface area (Å²) in [7, 11) is 0. The van der Waals surface area contributed by atoms with Gasteiger partial charge in [-0.25, -0.2) is 4.68 Å². The quantitative estimate of drug-likeness (QED) is 0.510. The van der Waals surface area contributed by atoms with Gasteiger partial charge in [-0.1, -0.05) is 22.9 Å². The SMILES string of the molecule is O=C(NCc1cn(-c2ccc(-n3ccccc3=O)cc2O)nn1)c1ccc(Cl)s1. The van der Waals surface area contributed by atoms with E-state index in [0.29, 0.717) is 26.3 Å². The Morgan fingerprint density at radius 3 is 2.79 bits per heavy atom. The number of aromatic nitrogens is 4. The van der Waals surface area contributed by atoms with Crippen LogP contribution in [0, 0.1) is 0 Å². The lowest BCUT2D eigenvalue weighted by atomic mass is 10.2. The largest absolute Gasteiger partial charge is 0.506 e. The minimum Gasteiger partial charge on any atom is -0.506 e. The van der Waals surface area contributed by atoms with E-state index in [2.05, 4.69) is 15.6 Å². The fourth-order valence-electron chi connectivity index (χ4n) is 2.69. The predicted molar refractivity (Wildman–Crippen MR) is 109 cm³/mol. The van der Waals surface area contributed by atoms with Gasteiger partial charge in [-0.05, 0) is 30.3 Å². The lowest BCUT2D eigenvalue weighted by molar-refractivity contribution is 0.0954. The molecule has 0 atom stereocenters. The van der Waals surface area contributed by atoms with E-state index >= 15 is 0 Å². The zero-order valence-electron chi connectivity index (χ0n) is 14.8. The number of nitrogens with zero attached hydrogens (tertiary/aromatic N) is 4. The minimum absolute atomic E-state index is 0.0630. The number of amides is 1. The summed E-state index contributed by atoms with van der Waals surface area (Å²) in [6.45, 7) is 0.173. The molecule has 0 radical (unpaired) electrons. The lowest BCUT2D eigenvalue weighted by Gasteiger charge is -2.08. The van der Waals surface area contributed by atoms with Gasteiger partial charge in [-0.2, -0.15) is 0 Å². The van der Waals surface area contributed by atoms with E-state index in [4.69, 9.17) is 11.6 Å². The van der Waals surface area contributed by atoms with E-state index in [1.165, 1.54) is 32.7 Å². The lowest BCUT2D eigenvalue weighted by Crippen LogP contribution is -2.21. The first-order valence-electron chi connectivity index (χ1n) is 8.47. The Bertz CT molecular complexity index is 1250. The summed E-state index contributed by atoms with van der Waals surface area (Å²) >= 11 is 7.03. The van der Waals surface area contributed by atoms with E-state index in [1.54, 1.807) is 48.8 Å². The van der Waals surface area contributed by atoms with Crippen molar-refractivity contribution in [3.63, 3.8) is 0 Å². The number of carbonyl (C=O) groups is 1. The topological polar surface area (TPSA) is 102 Å². The van der Waals surface area contributed by atoms with Crippen LogP contribution in [0.25, 0.3) is 11.4 Å². The first-order valence-corrected chi connectivity index (χ1v) is 9.67. The highest BCUT2D eigenvalue weighted by Gasteiger charge is 2.12. The molecule has 4 rings (SSSR count). The molecule has 3 aromatic heterocycles. The summed E-state index contributed by atoms with van der Waals surface area (Å²) < 4.78 is 3.36. The minimum atomic E-state index is -0.253. The summed E-state index contributed by atoms with van der Waals surface area (Å²) in [5.41, 5.74) is 1.24. The first-order chi connectivity index (χ1) is 14.0. The number of benzene rings is 1. The highest BCUT2D eigenvalue weighted by molar-refractivity contribution is 7.17. The second kappa shape index (κ2) is 7.90. The number of halogens is 1. The predicted octanol–water partition coefficient (Wildman–Crippen LogP) is 2.77. The van der Waals surface area contributed by atoms with Crippen LogP contribution in [-0.4, -0.2) is 30.6 Å². The van der Waals surface area contributed by atoms with Gasteiger partial charge in [0.05, 0.1) is 27.6 Å². The number of aromatic hydroxyl groups is 1. The highest BCUT2D eigenvalue weighted by atomic mass is 35.5. The monoisotopic (exact) mass is 427 g/mol. The van der Waals surface area contributed by atoms with Crippen molar-refractivity contribution in [1.82, 2.24) is 24.9 Å². The number of hydrogen-bond acceptors (Lipinski definition) is 6. The second-order valence-corrected chi connectivity index (χ2v) is 7.74. The van der Waals surface area contributed by atoms with Crippen LogP contribution in [0.15, 0.2) is 65.7 Å². The zero-order valence-corrected chi connectivity index (χ0v) is 16.4. The average Bonchev–Trinajstić information content (AvgIpc) is 3.35. The van der Waals surface area contributed by atoms with Crippen molar-refractivity contribution < 1.29 is 9.90 Å². The highest BCUT2D eigenvalue weighted by Crippen LogP contribution is 2.24. The summed E-state index contributed by atoms with van der Waals surface area (Å²) in [5, 5.41) is 21.1.